The van der Waals surface area contributed by atoms with E-state index in [9.17, 15) is 4.39 Å². The molecular formula is C14H22FN3O. The van der Waals surface area contributed by atoms with Gasteiger partial charge in [0.2, 0.25) is 0 Å². The van der Waals surface area contributed by atoms with Gasteiger partial charge < -0.3 is 15.0 Å². The summed E-state index contributed by atoms with van der Waals surface area (Å²) < 4.78 is 20.0. The molecule has 2 heterocycles. The summed E-state index contributed by atoms with van der Waals surface area (Å²) in [5, 5.41) is 3.14. The quantitative estimate of drug-likeness (QED) is 0.884. The maximum absolute atomic E-state index is 14.4. The fourth-order valence-corrected chi connectivity index (χ4v) is 2.50. The molecule has 1 N–H and O–H groups in total. The third kappa shape index (κ3) is 3.04. The molecule has 0 aliphatic carbocycles. The van der Waals surface area contributed by atoms with E-state index in [-0.39, 0.29) is 18.0 Å². The summed E-state index contributed by atoms with van der Waals surface area (Å²) in [5.41, 5.74) is 0.658. The molecule has 0 spiro atoms. The van der Waals surface area contributed by atoms with Gasteiger partial charge in [0.05, 0.1) is 12.1 Å². The van der Waals surface area contributed by atoms with Crippen molar-refractivity contribution in [2.75, 3.05) is 25.1 Å². The molecule has 4 nitrogen and oxygen atoms in total. The lowest BCUT2D eigenvalue weighted by molar-refractivity contribution is 0.118. The van der Waals surface area contributed by atoms with E-state index in [1.165, 1.54) is 0 Å². The van der Waals surface area contributed by atoms with E-state index in [0.717, 1.165) is 19.6 Å². The standard InChI is InChI=1S/C14H22FN3O/c1-4-16-9-11-5-7-17-14(13(11)15)18(3)12-6-8-19-10(12)2/h5,7,10,12,16H,4,6,8-9H2,1-3H3. The van der Waals surface area contributed by atoms with Crippen LogP contribution in [0.4, 0.5) is 10.2 Å². The second-order valence-electron chi connectivity index (χ2n) is 4.93. The largest absolute Gasteiger partial charge is 0.376 e. The minimum Gasteiger partial charge on any atom is -0.376 e. The number of rotatable bonds is 5. The van der Waals surface area contributed by atoms with E-state index in [0.29, 0.717) is 17.9 Å². The van der Waals surface area contributed by atoms with Crippen LogP contribution in [0.2, 0.25) is 0 Å². The minimum atomic E-state index is -0.231. The lowest BCUT2D eigenvalue weighted by atomic mass is 10.1. The van der Waals surface area contributed by atoms with E-state index < -0.39 is 0 Å². The molecule has 1 fully saturated rings. The first-order chi connectivity index (χ1) is 9.15. The van der Waals surface area contributed by atoms with Crippen LogP contribution in [0.5, 0.6) is 0 Å². The fraction of sp³-hybridized carbons (Fsp3) is 0.643. The number of nitrogens with zero attached hydrogens (tertiary/aromatic N) is 2. The molecule has 0 amide bonds. The monoisotopic (exact) mass is 267 g/mol. The number of halogens is 1. The molecule has 0 aromatic carbocycles. The Bertz CT molecular complexity index is 427. The van der Waals surface area contributed by atoms with E-state index in [2.05, 4.69) is 10.3 Å². The molecule has 1 aliphatic rings. The SMILES string of the molecule is CCNCc1ccnc(N(C)C2CCOC2C)c1F. The van der Waals surface area contributed by atoms with Gasteiger partial charge in [0.25, 0.3) is 0 Å². The van der Waals surface area contributed by atoms with Crippen molar-refractivity contribution in [3.63, 3.8) is 0 Å². The van der Waals surface area contributed by atoms with Crippen molar-refractivity contribution < 1.29 is 9.13 Å². The predicted molar refractivity (Wildman–Crippen MR) is 73.8 cm³/mol. The van der Waals surface area contributed by atoms with Crippen molar-refractivity contribution in [1.82, 2.24) is 10.3 Å². The summed E-state index contributed by atoms with van der Waals surface area (Å²) in [7, 11) is 1.89. The van der Waals surface area contributed by atoms with Gasteiger partial charge in [-0.2, -0.15) is 0 Å². The topological polar surface area (TPSA) is 37.4 Å². The first-order valence-electron chi connectivity index (χ1n) is 6.83. The number of likely N-dealkylation sites (N-methyl/N-ethyl adjacent to an activating group) is 1. The van der Waals surface area contributed by atoms with Crippen LogP contribution < -0.4 is 10.2 Å². The lowest BCUT2D eigenvalue weighted by Crippen LogP contribution is -2.38. The Kier molecular flexibility index (Phi) is 4.71. The van der Waals surface area contributed by atoms with Gasteiger partial charge in [-0.3, -0.25) is 0 Å². The van der Waals surface area contributed by atoms with E-state index in [1.807, 2.05) is 25.8 Å². The summed E-state index contributed by atoms with van der Waals surface area (Å²) in [6.45, 7) is 6.11. The first-order valence-corrected chi connectivity index (χ1v) is 6.83. The zero-order valence-corrected chi connectivity index (χ0v) is 11.8. The Hall–Kier alpha value is -1.20. The molecular weight excluding hydrogens is 245 g/mol. The molecule has 1 aromatic rings. The molecule has 0 saturated carbocycles. The Balaban J connectivity index is 2.19. The van der Waals surface area contributed by atoms with Gasteiger partial charge in [-0.1, -0.05) is 6.92 Å². The molecule has 2 atom stereocenters. The summed E-state index contributed by atoms with van der Waals surface area (Å²) >= 11 is 0. The van der Waals surface area contributed by atoms with Crippen molar-refractivity contribution in [3.05, 3.63) is 23.6 Å². The van der Waals surface area contributed by atoms with Gasteiger partial charge in [-0.15, -0.1) is 0 Å². The maximum atomic E-state index is 14.4. The molecule has 1 aromatic heterocycles. The van der Waals surface area contributed by atoms with Gasteiger partial charge >= 0.3 is 0 Å². The number of hydrogen-bond donors (Lipinski definition) is 1. The van der Waals surface area contributed by atoms with Gasteiger partial charge in [-0.05, 0) is 26.0 Å². The Morgan fingerprint density at radius 2 is 2.37 bits per heavy atom. The zero-order valence-electron chi connectivity index (χ0n) is 11.8. The third-order valence-corrected chi connectivity index (χ3v) is 3.68. The molecule has 2 rings (SSSR count). The molecule has 1 saturated heterocycles. The van der Waals surface area contributed by atoms with Crippen molar-refractivity contribution in [2.45, 2.75) is 39.0 Å². The molecule has 2 unspecified atom stereocenters. The molecule has 5 heteroatoms. The van der Waals surface area contributed by atoms with Crippen LogP contribution in [0.15, 0.2) is 12.3 Å². The Labute approximate surface area is 114 Å². The van der Waals surface area contributed by atoms with Crippen LogP contribution >= 0.6 is 0 Å². The summed E-state index contributed by atoms with van der Waals surface area (Å²) in [6, 6.07) is 1.92. The van der Waals surface area contributed by atoms with Crippen LogP contribution in [0.25, 0.3) is 0 Å². The van der Waals surface area contributed by atoms with Gasteiger partial charge in [0.15, 0.2) is 11.6 Å². The number of hydrogen-bond acceptors (Lipinski definition) is 4. The maximum Gasteiger partial charge on any atom is 0.170 e. The zero-order chi connectivity index (χ0) is 13.8. The van der Waals surface area contributed by atoms with Crippen molar-refractivity contribution in [1.29, 1.82) is 0 Å². The molecule has 106 valence electrons. The second-order valence-corrected chi connectivity index (χ2v) is 4.93. The second kappa shape index (κ2) is 6.30. The Morgan fingerprint density at radius 1 is 1.58 bits per heavy atom. The van der Waals surface area contributed by atoms with Gasteiger partial charge in [0, 0.05) is 32.0 Å². The van der Waals surface area contributed by atoms with Gasteiger partial charge in [-0.25, -0.2) is 9.37 Å². The van der Waals surface area contributed by atoms with Crippen LogP contribution in [0.1, 0.15) is 25.8 Å². The van der Waals surface area contributed by atoms with E-state index >= 15 is 0 Å². The first kappa shape index (κ1) is 14.2. The summed E-state index contributed by atoms with van der Waals surface area (Å²) in [6.07, 6.45) is 2.70. The van der Waals surface area contributed by atoms with Crippen LogP contribution in [-0.2, 0) is 11.3 Å². The van der Waals surface area contributed by atoms with Crippen molar-refractivity contribution in [3.8, 4) is 0 Å². The highest BCUT2D eigenvalue weighted by molar-refractivity contribution is 5.43. The average molecular weight is 267 g/mol. The molecule has 0 radical (unpaired) electrons. The lowest BCUT2D eigenvalue weighted by Gasteiger charge is -2.28. The number of pyridine rings is 1. The van der Waals surface area contributed by atoms with Gasteiger partial charge in [0.1, 0.15) is 0 Å². The normalized spacial score (nSPS) is 22.7. The average Bonchev–Trinajstić information content (AvgIpc) is 2.83. The highest BCUT2D eigenvalue weighted by Gasteiger charge is 2.30. The van der Waals surface area contributed by atoms with Crippen LogP contribution in [0, 0.1) is 5.82 Å². The Morgan fingerprint density at radius 3 is 3.00 bits per heavy atom. The van der Waals surface area contributed by atoms with Crippen molar-refractivity contribution >= 4 is 5.82 Å². The molecule has 0 bridgehead atoms. The molecule has 1 aliphatic heterocycles. The highest BCUT2D eigenvalue weighted by atomic mass is 19.1. The van der Waals surface area contributed by atoms with Crippen molar-refractivity contribution in [2.24, 2.45) is 0 Å². The molecule has 19 heavy (non-hydrogen) atoms. The highest BCUT2D eigenvalue weighted by Crippen LogP contribution is 2.26. The number of aromatic nitrogens is 1. The minimum absolute atomic E-state index is 0.114. The smallest absolute Gasteiger partial charge is 0.170 e. The van der Waals surface area contributed by atoms with E-state index in [1.54, 1.807) is 12.3 Å². The van der Waals surface area contributed by atoms with Crippen LogP contribution in [0.3, 0.4) is 0 Å². The van der Waals surface area contributed by atoms with Crippen LogP contribution in [-0.4, -0.2) is 37.3 Å². The summed E-state index contributed by atoms with van der Waals surface area (Å²) in [5.74, 6) is 0.183. The number of anilines is 1. The van der Waals surface area contributed by atoms with E-state index in [4.69, 9.17) is 4.74 Å². The third-order valence-electron chi connectivity index (χ3n) is 3.68. The predicted octanol–water partition coefficient (Wildman–Crippen LogP) is 1.94. The number of nitrogens with one attached hydrogen (secondary N) is 1. The number of ether oxygens (including phenoxy) is 1. The summed E-state index contributed by atoms with van der Waals surface area (Å²) in [4.78, 5) is 6.10. The fourth-order valence-electron chi connectivity index (χ4n) is 2.50.